The summed E-state index contributed by atoms with van der Waals surface area (Å²) in [6.07, 6.45) is 3.72. The quantitative estimate of drug-likeness (QED) is 0.696. The van der Waals surface area contributed by atoms with Crippen LogP contribution in [0.15, 0.2) is 23.0 Å². The van der Waals surface area contributed by atoms with Crippen molar-refractivity contribution in [1.82, 2.24) is 19.2 Å². The van der Waals surface area contributed by atoms with E-state index < -0.39 is 0 Å². The number of rotatable bonds is 7. The van der Waals surface area contributed by atoms with Crippen LogP contribution >= 0.6 is 0 Å². The minimum Gasteiger partial charge on any atom is -0.490 e. The number of carbonyl (C=O) groups is 1. The van der Waals surface area contributed by atoms with Crippen molar-refractivity contribution < 1.29 is 14.3 Å². The van der Waals surface area contributed by atoms with Gasteiger partial charge in [0.15, 0.2) is 11.5 Å². The summed E-state index contributed by atoms with van der Waals surface area (Å²) in [6, 6.07) is 5.68. The predicted octanol–water partition coefficient (Wildman–Crippen LogP) is 2.73. The number of nitrogens with zero attached hydrogens (tertiary/aromatic N) is 4. The van der Waals surface area contributed by atoms with Crippen molar-refractivity contribution in [3.8, 4) is 11.5 Å². The fourth-order valence-electron chi connectivity index (χ4n) is 4.16. The van der Waals surface area contributed by atoms with Gasteiger partial charge in [-0.25, -0.2) is 9.48 Å². The minimum atomic E-state index is -0.0242. The molecule has 1 aromatic heterocycles. The van der Waals surface area contributed by atoms with Gasteiger partial charge in [-0.3, -0.25) is 9.36 Å². The Bertz CT molecular complexity index is 968. The highest BCUT2D eigenvalue weighted by Crippen LogP contribution is 2.37. The molecule has 30 heavy (non-hydrogen) atoms. The highest BCUT2D eigenvalue weighted by Gasteiger charge is 2.34. The monoisotopic (exact) mass is 414 g/mol. The first-order valence-electron chi connectivity index (χ1n) is 10.9. The number of aryl methyl sites for hydroxylation is 1. The van der Waals surface area contributed by atoms with Gasteiger partial charge in [0.2, 0.25) is 0 Å². The molecule has 4 rings (SSSR count). The van der Waals surface area contributed by atoms with Gasteiger partial charge in [-0.05, 0) is 57.7 Å². The van der Waals surface area contributed by atoms with Crippen molar-refractivity contribution in [2.75, 3.05) is 26.3 Å². The first kappa shape index (κ1) is 20.5. The molecule has 1 amide bonds. The van der Waals surface area contributed by atoms with Crippen LogP contribution in [-0.2, 0) is 7.05 Å². The Morgan fingerprint density at radius 2 is 1.73 bits per heavy atom. The lowest BCUT2D eigenvalue weighted by Crippen LogP contribution is -2.38. The molecule has 1 aliphatic carbocycles. The lowest BCUT2D eigenvalue weighted by atomic mass is 9.95. The highest BCUT2D eigenvalue weighted by atomic mass is 16.5. The molecule has 0 spiro atoms. The van der Waals surface area contributed by atoms with E-state index in [0.29, 0.717) is 49.4 Å². The molecule has 0 unspecified atom stereocenters. The summed E-state index contributed by atoms with van der Waals surface area (Å²) in [4.78, 5) is 27.4. The topological polar surface area (TPSA) is 78.6 Å². The molecular formula is C22H30N4O4. The molecule has 0 atom stereocenters. The average molecular weight is 415 g/mol. The maximum absolute atomic E-state index is 13.1. The summed E-state index contributed by atoms with van der Waals surface area (Å²) in [5.41, 5.74) is 0.580. The van der Waals surface area contributed by atoms with Crippen LogP contribution in [-0.4, -0.2) is 51.5 Å². The Morgan fingerprint density at radius 1 is 1.07 bits per heavy atom. The first-order chi connectivity index (χ1) is 14.5. The van der Waals surface area contributed by atoms with Crippen molar-refractivity contribution in [3.63, 3.8) is 0 Å². The largest absolute Gasteiger partial charge is 0.490 e. The summed E-state index contributed by atoms with van der Waals surface area (Å²) in [5, 5.41) is 4.52. The second-order valence-electron chi connectivity index (χ2n) is 7.96. The SMILES string of the molecule is CCOc1ccc(C(=O)N2CCC(c3nn(C)c(=O)n3C3CC3)CC2)cc1OCC. The smallest absolute Gasteiger partial charge is 0.345 e. The van der Waals surface area contributed by atoms with Gasteiger partial charge in [-0.1, -0.05) is 0 Å². The Morgan fingerprint density at radius 3 is 2.37 bits per heavy atom. The number of carbonyl (C=O) groups excluding carboxylic acids is 1. The van der Waals surface area contributed by atoms with E-state index in [1.165, 1.54) is 4.68 Å². The lowest BCUT2D eigenvalue weighted by molar-refractivity contribution is 0.0709. The molecule has 1 aromatic carbocycles. The van der Waals surface area contributed by atoms with E-state index in [4.69, 9.17) is 9.47 Å². The number of aromatic nitrogens is 3. The van der Waals surface area contributed by atoms with Crippen LogP contribution in [0.2, 0.25) is 0 Å². The van der Waals surface area contributed by atoms with Crippen LogP contribution in [0.25, 0.3) is 0 Å². The number of benzene rings is 1. The van der Waals surface area contributed by atoms with Crippen molar-refractivity contribution in [1.29, 1.82) is 0 Å². The standard InChI is InChI=1S/C22H30N4O4/c1-4-29-18-9-6-16(14-19(18)30-5-2)21(27)25-12-10-15(11-13-25)20-23-24(3)22(28)26(20)17-7-8-17/h6,9,14-15,17H,4-5,7-8,10-13H2,1-3H3. The predicted molar refractivity (Wildman–Crippen MR) is 112 cm³/mol. The van der Waals surface area contributed by atoms with E-state index in [0.717, 1.165) is 31.5 Å². The third-order valence-electron chi connectivity index (χ3n) is 5.83. The van der Waals surface area contributed by atoms with Gasteiger partial charge in [0.05, 0.1) is 13.2 Å². The van der Waals surface area contributed by atoms with E-state index in [2.05, 4.69) is 5.10 Å². The maximum atomic E-state index is 13.1. The van der Waals surface area contributed by atoms with E-state index in [1.807, 2.05) is 23.3 Å². The zero-order valence-corrected chi connectivity index (χ0v) is 18.0. The molecule has 1 saturated heterocycles. The van der Waals surface area contributed by atoms with Crippen molar-refractivity contribution in [2.45, 2.75) is 51.5 Å². The second-order valence-corrected chi connectivity index (χ2v) is 7.96. The van der Waals surface area contributed by atoms with E-state index in [-0.39, 0.29) is 17.5 Å². The van der Waals surface area contributed by atoms with Crippen LogP contribution in [0.5, 0.6) is 11.5 Å². The molecule has 2 fully saturated rings. The van der Waals surface area contributed by atoms with Gasteiger partial charge in [-0.2, -0.15) is 5.10 Å². The minimum absolute atomic E-state index is 0.00180. The third-order valence-corrected chi connectivity index (χ3v) is 5.83. The summed E-state index contributed by atoms with van der Waals surface area (Å²) >= 11 is 0. The molecule has 1 saturated carbocycles. The van der Waals surface area contributed by atoms with Crippen molar-refractivity contribution in [3.05, 3.63) is 40.1 Å². The number of ether oxygens (including phenoxy) is 2. The molecular weight excluding hydrogens is 384 g/mol. The Labute approximate surface area is 176 Å². The molecule has 0 radical (unpaired) electrons. The van der Waals surface area contributed by atoms with Crippen LogP contribution in [0, 0.1) is 0 Å². The molecule has 2 heterocycles. The van der Waals surface area contributed by atoms with Crippen LogP contribution in [0.1, 0.15) is 67.7 Å². The normalized spacial score (nSPS) is 17.2. The maximum Gasteiger partial charge on any atom is 0.345 e. The number of amides is 1. The third kappa shape index (κ3) is 3.95. The van der Waals surface area contributed by atoms with Crippen molar-refractivity contribution >= 4 is 5.91 Å². The zero-order valence-electron chi connectivity index (χ0n) is 18.0. The number of hydrogen-bond donors (Lipinski definition) is 0. The Balaban J connectivity index is 1.46. The number of likely N-dealkylation sites (tertiary alicyclic amines) is 1. The van der Waals surface area contributed by atoms with E-state index in [1.54, 1.807) is 25.2 Å². The summed E-state index contributed by atoms with van der Waals surface area (Å²) in [5.74, 6) is 2.35. The molecule has 8 nitrogen and oxygen atoms in total. The fraction of sp³-hybridized carbons (Fsp3) is 0.591. The van der Waals surface area contributed by atoms with Gasteiger partial charge in [0, 0.05) is 37.7 Å². The summed E-state index contributed by atoms with van der Waals surface area (Å²) in [6.45, 7) is 6.18. The summed E-state index contributed by atoms with van der Waals surface area (Å²) < 4.78 is 14.6. The molecule has 1 aliphatic heterocycles. The Kier molecular flexibility index (Phi) is 5.83. The molecule has 8 heteroatoms. The number of piperidine rings is 1. The fourth-order valence-corrected chi connectivity index (χ4v) is 4.16. The average Bonchev–Trinajstić information content (AvgIpc) is 3.55. The van der Waals surface area contributed by atoms with Gasteiger partial charge in [0.1, 0.15) is 5.82 Å². The lowest BCUT2D eigenvalue weighted by Gasteiger charge is -2.31. The highest BCUT2D eigenvalue weighted by molar-refractivity contribution is 5.95. The van der Waals surface area contributed by atoms with E-state index in [9.17, 15) is 9.59 Å². The van der Waals surface area contributed by atoms with Gasteiger partial charge < -0.3 is 14.4 Å². The van der Waals surface area contributed by atoms with Crippen LogP contribution in [0.4, 0.5) is 0 Å². The van der Waals surface area contributed by atoms with Gasteiger partial charge in [-0.15, -0.1) is 0 Å². The van der Waals surface area contributed by atoms with Crippen LogP contribution < -0.4 is 15.2 Å². The Hall–Kier alpha value is -2.77. The van der Waals surface area contributed by atoms with Gasteiger partial charge >= 0.3 is 5.69 Å². The molecule has 162 valence electrons. The molecule has 0 bridgehead atoms. The van der Waals surface area contributed by atoms with Crippen LogP contribution in [0.3, 0.4) is 0 Å². The molecule has 2 aliphatic rings. The second kappa shape index (κ2) is 8.53. The summed E-state index contributed by atoms with van der Waals surface area (Å²) in [7, 11) is 1.71. The van der Waals surface area contributed by atoms with Crippen molar-refractivity contribution in [2.24, 2.45) is 7.05 Å². The number of hydrogen-bond acceptors (Lipinski definition) is 5. The van der Waals surface area contributed by atoms with Gasteiger partial charge in [0.25, 0.3) is 5.91 Å². The molecule has 0 N–H and O–H groups in total. The zero-order chi connectivity index (χ0) is 21.3. The van der Waals surface area contributed by atoms with E-state index >= 15 is 0 Å². The first-order valence-corrected chi connectivity index (χ1v) is 10.9. The molecule has 2 aromatic rings.